The summed E-state index contributed by atoms with van der Waals surface area (Å²) >= 11 is 5.83. The Morgan fingerprint density at radius 2 is 2.11 bits per heavy atom. The van der Waals surface area contributed by atoms with Crippen LogP contribution in [0.4, 0.5) is 0 Å². The van der Waals surface area contributed by atoms with Crippen LogP contribution < -0.4 is 4.74 Å². The number of nitrogens with zero attached hydrogens (tertiary/aromatic N) is 2. The molecule has 0 aliphatic heterocycles. The van der Waals surface area contributed by atoms with E-state index in [2.05, 4.69) is 10.1 Å². The summed E-state index contributed by atoms with van der Waals surface area (Å²) in [7, 11) is 1.59. The third kappa shape index (κ3) is 3.45. The molecule has 0 saturated carbocycles. The first kappa shape index (κ1) is 13.4. The van der Waals surface area contributed by atoms with Crippen molar-refractivity contribution in [3.63, 3.8) is 0 Å². The van der Waals surface area contributed by atoms with E-state index in [1.54, 1.807) is 19.2 Å². The number of rotatable bonds is 4. The second kappa shape index (κ2) is 6.20. The lowest BCUT2D eigenvalue weighted by Crippen LogP contribution is -2.07. The van der Waals surface area contributed by atoms with Gasteiger partial charge in [-0.1, -0.05) is 35.0 Å². The number of hydrogen-bond acceptors (Lipinski definition) is 4. The van der Waals surface area contributed by atoms with Gasteiger partial charge in [-0.15, -0.1) is 0 Å². The van der Waals surface area contributed by atoms with Gasteiger partial charge in [0.25, 0.3) is 0 Å². The predicted octanol–water partition coefficient (Wildman–Crippen LogP) is 3.16. The molecular formula is C14H13ClN2O2. The van der Waals surface area contributed by atoms with Gasteiger partial charge in [0.2, 0.25) is 0 Å². The van der Waals surface area contributed by atoms with Crippen LogP contribution in [0.3, 0.4) is 0 Å². The zero-order valence-corrected chi connectivity index (χ0v) is 11.1. The molecule has 5 heteroatoms. The maximum Gasteiger partial charge on any atom is 0.129 e. The Kier molecular flexibility index (Phi) is 4.36. The molecule has 0 radical (unpaired) electrons. The normalized spacial score (nSPS) is 11.4. The van der Waals surface area contributed by atoms with Crippen molar-refractivity contribution in [2.75, 3.05) is 7.11 Å². The Balaban J connectivity index is 2.25. The number of aromatic nitrogens is 1. The highest BCUT2D eigenvalue weighted by Crippen LogP contribution is 2.15. The molecule has 19 heavy (non-hydrogen) atoms. The highest BCUT2D eigenvalue weighted by Gasteiger charge is 2.08. The average Bonchev–Trinajstić information content (AvgIpc) is 2.45. The van der Waals surface area contributed by atoms with Gasteiger partial charge in [0.1, 0.15) is 10.9 Å². The van der Waals surface area contributed by atoms with Gasteiger partial charge in [0.05, 0.1) is 12.8 Å². The molecule has 0 saturated heterocycles. The molecule has 98 valence electrons. The van der Waals surface area contributed by atoms with Crippen molar-refractivity contribution in [3.05, 3.63) is 58.9 Å². The van der Waals surface area contributed by atoms with Crippen LogP contribution in [0.15, 0.2) is 47.6 Å². The van der Waals surface area contributed by atoms with E-state index < -0.39 is 0 Å². The minimum Gasteiger partial charge on any atom is -0.497 e. The summed E-state index contributed by atoms with van der Waals surface area (Å²) in [6.45, 7) is 0. The molecule has 2 rings (SSSR count). The van der Waals surface area contributed by atoms with E-state index in [0.717, 1.165) is 11.3 Å². The van der Waals surface area contributed by atoms with E-state index in [0.29, 0.717) is 23.0 Å². The Hall–Kier alpha value is -2.07. The summed E-state index contributed by atoms with van der Waals surface area (Å²) in [5, 5.41) is 12.9. The van der Waals surface area contributed by atoms with Gasteiger partial charge in [-0.25, -0.2) is 4.98 Å². The first-order chi connectivity index (χ1) is 9.22. The molecular weight excluding hydrogens is 264 g/mol. The summed E-state index contributed by atoms with van der Waals surface area (Å²) in [6, 6.07) is 12.7. The van der Waals surface area contributed by atoms with Gasteiger partial charge in [-0.2, -0.15) is 0 Å². The molecule has 0 bridgehead atoms. The maximum atomic E-state index is 9.16. The lowest BCUT2D eigenvalue weighted by molar-refractivity contribution is 0.318. The number of halogens is 1. The first-order valence-electron chi connectivity index (χ1n) is 5.69. The van der Waals surface area contributed by atoms with Crippen molar-refractivity contribution in [1.82, 2.24) is 4.98 Å². The highest BCUT2D eigenvalue weighted by molar-refractivity contribution is 6.29. The van der Waals surface area contributed by atoms with Gasteiger partial charge in [0, 0.05) is 17.7 Å². The molecule has 0 fully saturated rings. The molecule has 0 aliphatic carbocycles. The number of hydrogen-bond donors (Lipinski definition) is 1. The monoisotopic (exact) mass is 276 g/mol. The third-order valence-electron chi connectivity index (χ3n) is 2.65. The van der Waals surface area contributed by atoms with Crippen molar-refractivity contribution < 1.29 is 9.94 Å². The van der Waals surface area contributed by atoms with E-state index in [-0.39, 0.29) is 0 Å². The molecule has 0 amide bonds. The zero-order chi connectivity index (χ0) is 13.7. The maximum absolute atomic E-state index is 9.16. The smallest absolute Gasteiger partial charge is 0.129 e. The van der Waals surface area contributed by atoms with E-state index in [9.17, 15) is 0 Å². The number of methoxy groups -OCH3 is 1. The average molecular weight is 277 g/mol. The van der Waals surface area contributed by atoms with Crippen LogP contribution in [0.1, 0.15) is 11.3 Å². The SMILES string of the molecule is COc1cccc(/C(Cc2cccc(Cl)n2)=N/O)c1. The molecule has 1 aromatic carbocycles. The quantitative estimate of drug-likeness (QED) is 0.404. The summed E-state index contributed by atoms with van der Waals surface area (Å²) < 4.78 is 5.15. The minimum atomic E-state index is 0.393. The fourth-order valence-corrected chi connectivity index (χ4v) is 1.90. The van der Waals surface area contributed by atoms with Crippen LogP contribution in [-0.4, -0.2) is 23.0 Å². The largest absolute Gasteiger partial charge is 0.497 e. The van der Waals surface area contributed by atoms with Gasteiger partial charge in [0.15, 0.2) is 0 Å². The van der Waals surface area contributed by atoms with Gasteiger partial charge < -0.3 is 9.94 Å². The topological polar surface area (TPSA) is 54.7 Å². The minimum absolute atomic E-state index is 0.393. The second-order valence-corrected chi connectivity index (χ2v) is 4.29. The number of ether oxygens (including phenoxy) is 1. The van der Waals surface area contributed by atoms with Crippen LogP contribution >= 0.6 is 11.6 Å². The highest BCUT2D eigenvalue weighted by atomic mass is 35.5. The van der Waals surface area contributed by atoms with Crippen molar-refractivity contribution in [1.29, 1.82) is 0 Å². The van der Waals surface area contributed by atoms with Crippen LogP contribution in [0.25, 0.3) is 0 Å². The Morgan fingerprint density at radius 1 is 1.32 bits per heavy atom. The van der Waals surface area contributed by atoms with Crippen LogP contribution in [0, 0.1) is 0 Å². The third-order valence-corrected chi connectivity index (χ3v) is 2.86. The summed E-state index contributed by atoms with van der Waals surface area (Å²) in [6.07, 6.45) is 0.393. The molecule has 0 spiro atoms. The number of oxime groups is 1. The fourth-order valence-electron chi connectivity index (χ4n) is 1.72. The fraction of sp³-hybridized carbons (Fsp3) is 0.143. The number of pyridine rings is 1. The molecule has 2 aromatic rings. The van der Waals surface area contributed by atoms with Crippen molar-refractivity contribution >= 4 is 17.3 Å². The van der Waals surface area contributed by atoms with E-state index >= 15 is 0 Å². The van der Waals surface area contributed by atoms with Crippen LogP contribution in [-0.2, 0) is 6.42 Å². The Labute approximate surface area is 116 Å². The van der Waals surface area contributed by atoms with Gasteiger partial charge >= 0.3 is 0 Å². The molecule has 1 N–H and O–H groups in total. The van der Waals surface area contributed by atoms with Crippen molar-refractivity contribution in [3.8, 4) is 5.75 Å². The summed E-state index contributed by atoms with van der Waals surface area (Å²) in [5.41, 5.74) is 2.03. The van der Waals surface area contributed by atoms with Gasteiger partial charge in [-0.3, -0.25) is 0 Å². The summed E-state index contributed by atoms with van der Waals surface area (Å²) in [4.78, 5) is 4.17. The molecule has 1 heterocycles. The Bertz CT molecular complexity index is 600. The van der Waals surface area contributed by atoms with Crippen molar-refractivity contribution in [2.24, 2.45) is 5.16 Å². The van der Waals surface area contributed by atoms with Crippen LogP contribution in [0.2, 0.25) is 5.15 Å². The molecule has 4 nitrogen and oxygen atoms in total. The molecule has 0 unspecified atom stereocenters. The molecule has 1 aromatic heterocycles. The zero-order valence-electron chi connectivity index (χ0n) is 10.4. The Morgan fingerprint density at radius 3 is 2.79 bits per heavy atom. The number of benzene rings is 1. The standard InChI is InChI=1S/C14H13ClN2O2/c1-19-12-6-2-4-10(8-12)13(17-18)9-11-5-3-7-14(15)16-11/h2-8,18H,9H2,1H3/b17-13+. The van der Waals surface area contributed by atoms with E-state index in [1.807, 2.05) is 30.3 Å². The lowest BCUT2D eigenvalue weighted by atomic mass is 10.1. The van der Waals surface area contributed by atoms with Crippen LogP contribution in [0.5, 0.6) is 5.75 Å². The lowest BCUT2D eigenvalue weighted by Gasteiger charge is -2.06. The molecule has 0 atom stereocenters. The second-order valence-electron chi connectivity index (χ2n) is 3.91. The van der Waals surface area contributed by atoms with Crippen molar-refractivity contribution in [2.45, 2.75) is 6.42 Å². The van der Waals surface area contributed by atoms with E-state index in [4.69, 9.17) is 21.5 Å². The van der Waals surface area contributed by atoms with Gasteiger partial charge in [-0.05, 0) is 24.3 Å². The molecule has 0 aliphatic rings. The first-order valence-corrected chi connectivity index (χ1v) is 6.07. The predicted molar refractivity (Wildman–Crippen MR) is 74.3 cm³/mol. The van der Waals surface area contributed by atoms with E-state index in [1.165, 1.54) is 0 Å². The summed E-state index contributed by atoms with van der Waals surface area (Å²) in [5.74, 6) is 0.706.